The van der Waals surface area contributed by atoms with Gasteiger partial charge in [-0.2, -0.15) is 0 Å². The summed E-state index contributed by atoms with van der Waals surface area (Å²) in [6.45, 7) is 6.26. The average molecular weight is 416 g/mol. The van der Waals surface area contributed by atoms with Crippen LogP contribution in [0.5, 0.6) is 0 Å². The fraction of sp³-hybridized carbons (Fsp3) is 0.231. The van der Waals surface area contributed by atoms with Crippen molar-refractivity contribution in [3.8, 4) is 11.1 Å². The Morgan fingerprint density at radius 1 is 0.742 bits per heavy atom. The summed E-state index contributed by atoms with van der Waals surface area (Å²) >= 11 is 0. The molecule has 0 aromatic heterocycles. The molecule has 0 heterocycles. The lowest BCUT2D eigenvalue weighted by atomic mass is 10.1. The van der Waals surface area contributed by atoms with Crippen molar-refractivity contribution >= 4 is 23.2 Å². The summed E-state index contributed by atoms with van der Waals surface area (Å²) in [5, 5.41) is 5.86. The number of hydrogen-bond acceptors (Lipinski definition) is 3. The van der Waals surface area contributed by atoms with Crippen LogP contribution in [-0.4, -0.2) is 36.9 Å². The molecule has 0 radical (unpaired) electrons. The summed E-state index contributed by atoms with van der Waals surface area (Å²) < 4.78 is 0. The van der Waals surface area contributed by atoms with Crippen molar-refractivity contribution in [1.29, 1.82) is 0 Å². The minimum Gasteiger partial charge on any atom is -0.325 e. The van der Waals surface area contributed by atoms with Crippen LogP contribution in [0.1, 0.15) is 16.7 Å². The van der Waals surface area contributed by atoms with Gasteiger partial charge in [-0.25, -0.2) is 0 Å². The van der Waals surface area contributed by atoms with E-state index in [4.69, 9.17) is 0 Å². The summed E-state index contributed by atoms with van der Waals surface area (Å²) in [5.74, 6) is -0.303. The maximum atomic E-state index is 12.4. The molecule has 5 heteroatoms. The Kier molecular flexibility index (Phi) is 7.21. The summed E-state index contributed by atoms with van der Waals surface area (Å²) in [6, 6.07) is 21.9. The van der Waals surface area contributed by atoms with Gasteiger partial charge in [0.15, 0.2) is 0 Å². The predicted octanol–water partition coefficient (Wildman–Crippen LogP) is 4.79. The fourth-order valence-corrected chi connectivity index (χ4v) is 3.68. The second-order valence-corrected chi connectivity index (χ2v) is 7.99. The molecule has 0 unspecified atom stereocenters. The fourth-order valence-electron chi connectivity index (χ4n) is 3.68. The molecule has 0 aliphatic carbocycles. The number of anilines is 2. The first-order valence-electron chi connectivity index (χ1n) is 10.3. The van der Waals surface area contributed by atoms with Crippen LogP contribution in [0.3, 0.4) is 0 Å². The Morgan fingerprint density at radius 3 is 1.84 bits per heavy atom. The van der Waals surface area contributed by atoms with Gasteiger partial charge >= 0.3 is 0 Å². The molecule has 2 amide bonds. The molecule has 0 atom stereocenters. The minimum absolute atomic E-state index is 0.125. The van der Waals surface area contributed by atoms with Crippen LogP contribution in [0.15, 0.2) is 66.7 Å². The lowest BCUT2D eigenvalue weighted by molar-refractivity contribution is -0.119. The normalized spacial score (nSPS) is 10.7. The van der Waals surface area contributed by atoms with Crippen LogP contribution in [0, 0.1) is 20.8 Å². The monoisotopic (exact) mass is 415 g/mol. The van der Waals surface area contributed by atoms with Crippen LogP contribution >= 0.6 is 0 Å². The van der Waals surface area contributed by atoms with Crippen molar-refractivity contribution in [1.82, 2.24) is 4.90 Å². The van der Waals surface area contributed by atoms with Gasteiger partial charge in [-0.1, -0.05) is 60.2 Å². The maximum absolute atomic E-state index is 12.4. The Bertz CT molecular complexity index is 1040. The van der Waals surface area contributed by atoms with Crippen LogP contribution in [0.2, 0.25) is 0 Å². The van der Waals surface area contributed by atoms with Crippen molar-refractivity contribution in [2.75, 3.05) is 30.8 Å². The lowest BCUT2D eigenvalue weighted by Gasteiger charge is -2.18. The number of hydrogen-bond donors (Lipinski definition) is 2. The second-order valence-electron chi connectivity index (χ2n) is 7.99. The lowest BCUT2D eigenvalue weighted by Crippen LogP contribution is -2.36. The summed E-state index contributed by atoms with van der Waals surface area (Å²) in [5.41, 5.74) is 7.02. The quantitative estimate of drug-likeness (QED) is 0.583. The molecule has 0 spiro atoms. The number of carbonyl (C=O) groups is 2. The first-order valence-corrected chi connectivity index (χ1v) is 10.3. The van der Waals surface area contributed by atoms with Gasteiger partial charge in [0.25, 0.3) is 0 Å². The van der Waals surface area contributed by atoms with Crippen molar-refractivity contribution < 1.29 is 9.59 Å². The summed E-state index contributed by atoms with van der Waals surface area (Å²) in [4.78, 5) is 26.5. The molecule has 0 aliphatic rings. The van der Waals surface area contributed by atoms with E-state index in [1.54, 1.807) is 11.9 Å². The van der Waals surface area contributed by atoms with Gasteiger partial charge in [0.1, 0.15) is 0 Å². The van der Waals surface area contributed by atoms with E-state index in [1.807, 2.05) is 87.5 Å². The third-order valence-corrected chi connectivity index (χ3v) is 5.04. The number of amides is 2. The van der Waals surface area contributed by atoms with E-state index in [0.717, 1.165) is 33.6 Å². The highest BCUT2D eigenvalue weighted by Gasteiger charge is 2.13. The minimum atomic E-state index is -0.162. The SMILES string of the molecule is Cc1cc(C)c(NC(=O)CN(C)CC(=O)Nc2ccc(-c3ccccc3)cc2)c(C)c1. The maximum Gasteiger partial charge on any atom is 0.238 e. The van der Waals surface area contributed by atoms with Crippen LogP contribution in [-0.2, 0) is 9.59 Å². The second kappa shape index (κ2) is 10.0. The molecule has 0 saturated carbocycles. The van der Waals surface area contributed by atoms with Crippen molar-refractivity contribution in [3.63, 3.8) is 0 Å². The topological polar surface area (TPSA) is 61.4 Å². The van der Waals surface area contributed by atoms with Gasteiger partial charge in [0.05, 0.1) is 13.1 Å². The Labute approximate surface area is 184 Å². The van der Waals surface area contributed by atoms with Crippen molar-refractivity contribution in [2.24, 2.45) is 0 Å². The number of rotatable bonds is 7. The molecule has 5 nitrogen and oxygen atoms in total. The highest BCUT2D eigenvalue weighted by atomic mass is 16.2. The van der Waals surface area contributed by atoms with Gasteiger partial charge in [-0.15, -0.1) is 0 Å². The number of benzene rings is 3. The molecule has 31 heavy (non-hydrogen) atoms. The number of likely N-dealkylation sites (N-methyl/N-ethyl adjacent to an activating group) is 1. The molecular formula is C26H29N3O2. The van der Waals surface area contributed by atoms with E-state index in [0.29, 0.717) is 0 Å². The zero-order valence-electron chi connectivity index (χ0n) is 18.5. The van der Waals surface area contributed by atoms with Crippen LogP contribution < -0.4 is 10.6 Å². The summed E-state index contributed by atoms with van der Waals surface area (Å²) in [6.07, 6.45) is 0. The molecule has 3 aromatic rings. The first-order chi connectivity index (χ1) is 14.8. The molecule has 160 valence electrons. The third-order valence-electron chi connectivity index (χ3n) is 5.04. The van der Waals surface area contributed by atoms with Crippen LogP contribution in [0.4, 0.5) is 11.4 Å². The standard InChI is InChI=1S/C26H29N3O2/c1-18-14-19(2)26(20(3)15-18)28-25(31)17-29(4)16-24(30)27-23-12-10-22(11-13-23)21-8-6-5-7-9-21/h5-15H,16-17H2,1-4H3,(H,27,30)(H,28,31). The number of nitrogens with zero attached hydrogens (tertiary/aromatic N) is 1. The highest BCUT2D eigenvalue weighted by Crippen LogP contribution is 2.22. The Morgan fingerprint density at radius 2 is 1.26 bits per heavy atom. The molecule has 2 N–H and O–H groups in total. The third kappa shape index (κ3) is 6.27. The predicted molar refractivity (Wildman–Crippen MR) is 127 cm³/mol. The van der Waals surface area contributed by atoms with Crippen LogP contribution in [0.25, 0.3) is 11.1 Å². The highest BCUT2D eigenvalue weighted by molar-refractivity contribution is 5.95. The average Bonchev–Trinajstić information content (AvgIpc) is 2.71. The van der Waals surface area contributed by atoms with E-state index in [2.05, 4.69) is 10.6 Å². The van der Waals surface area contributed by atoms with Crippen molar-refractivity contribution in [3.05, 3.63) is 83.4 Å². The Balaban J connectivity index is 1.51. The van der Waals surface area contributed by atoms with E-state index in [9.17, 15) is 9.59 Å². The molecule has 3 rings (SSSR count). The number of nitrogens with one attached hydrogen (secondary N) is 2. The van der Waals surface area contributed by atoms with E-state index < -0.39 is 0 Å². The molecule has 0 aliphatic heterocycles. The number of aryl methyl sites for hydroxylation is 3. The van der Waals surface area contributed by atoms with Gasteiger partial charge in [-0.3, -0.25) is 14.5 Å². The van der Waals surface area contributed by atoms with Crippen molar-refractivity contribution in [2.45, 2.75) is 20.8 Å². The summed E-state index contributed by atoms with van der Waals surface area (Å²) in [7, 11) is 1.76. The van der Waals surface area contributed by atoms with Gasteiger partial charge in [0, 0.05) is 11.4 Å². The zero-order valence-corrected chi connectivity index (χ0v) is 18.5. The molecule has 0 bridgehead atoms. The zero-order chi connectivity index (χ0) is 22.4. The van der Waals surface area contributed by atoms with E-state index in [1.165, 1.54) is 5.56 Å². The largest absolute Gasteiger partial charge is 0.325 e. The molecule has 3 aromatic carbocycles. The van der Waals surface area contributed by atoms with Gasteiger partial charge in [-0.05, 0) is 62.2 Å². The van der Waals surface area contributed by atoms with Gasteiger partial charge in [0.2, 0.25) is 11.8 Å². The number of carbonyl (C=O) groups excluding carboxylic acids is 2. The van der Waals surface area contributed by atoms with Gasteiger partial charge < -0.3 is 10.6 Å². The van der Waals surface area contributed by atoms with E-state index in [-0.39, 0.29) is 24.9 Å². The molecular weight excluding hydrogens is 386 g/mol. The molecule has 0 fully saturated rings. The molecule has 0 saturated heterocycles. The Hall–Kier alpha value is -3.44. The van der Waals surface area contributed by atoms with E-state index >= 15 is 0 Å². The first kappa shape index (κ1) is 22.2. The smallest absolute Gasteiger partial charge is 0.238 e.